The van der Waals surface area contributed by atoms with E-state index in [0.717, 1.165) is 18.8 Å². The Morgan fingerprint density at radius 2 is 1.40 bits per heavy atom. The molecule has 1 N–H and O–H groups in total. The van der Waals surface area contributed by atoms with Crippen LogP contribution in [-0.2, 0) is 13.1 Å². The van der Waals surface area contributed by atoms with Gasteiger partial charge in [-0.1, -0.05) is 60.7 Å². The Labute approximate surface area is 160 Å². The summed E-state index contributed by atoms with van der Waals surface area (Å²) in [6.45, 7) is 1.50. The van der Waals surface area contributed by atoms with E-state index in [1.54, 1.807) is 12.4 Å². The van der Waals surface area contributed by atoms with Crippen LogP contribution in [0.5, 0.6) is 0 Å². The van der Waals surface area contributed by atoms with Crippen molar-refractivity contribution in [2.24, 2.45) is 0 Å². The van der Waals surface area contributed by atoms with Crippen LogP contribution in [0.2, 0.25) is 0 Å². The van der Waals surface area contributed by atoms with E-state index in [-0.39, 0.29) is 12.4 Å². The molecule has 0 atom stereocenters. The minimum atomic E-state index is 0. The number of benzene rings is 2. The first kappa shape index (κ1) is 18.9. The molecule has 25 heavy (non-hydrogen) atoms. The Kier molecular flexibility index (Phi) is 7.38. The lowest BCUT2D eigenvalue weighted by molar-refractivity contribution is -0.00000472. The van der Waals surface area contributed by atoms with Gasteiger partial charge in [0.05, 0.1) is 11.9 Å². The van der Waals surface area contributed by atoms with Gasteiger partial charge in [-0.25, -0.2) is 0 Å². The zero-order valence-electron chi connectivity index (χ0n) is 13.7. The second-order valence-corrected chi connectivity index (χ2v) is 5.89. The molecule has 2 aromatic carbocycles. The van der Waals surface area contributed by atoms with Crippen molar-refractivity contribution in [1.82, 2.24) is 9.88 Å². The predicted molar refractivity (Wildman–Crippen MR) is 103 cm³/mol. The topological polar surface area (TPSA) is 28.2 Å². The Morgan fingerprint density at radius 3 is 1.88 bits per heavy atom. The number of rotatable bonds is 5. The molecule has 5 heteroatoms. The standard InChI is InChI=1S/C20H19N3S.ClH/c24-20(22-19-12-7-13-21-14-19)23(15-17-8-3-1-4-9-17)16-18-10-5-2-6-11-18;/h1-14H,15-16H2,(H,22,24);1H/p-1. The number of pyridine rings is 1. The Hall–Kier alpha value is -2.43. The maximum atomic E-state index is 5.64. The molecule has 0 unspecified atom stereocenters. The van der Waals surface area contributed by atoms with E-state index in [1.807, 2.05) is 48.5 Å². The lowest BCUT2D eigenvalue weighted by Crippen LogP contribution is -3.00. The minimum absolute atomic E-state index is 0. The molecule has 0 aliphatic rings. The van der Waals surface area contributed by atoms with Gasteiger partial charge in [-0.2, -0.15) is 0 Å². The van der Waals surface area contributed by atoms with Crippen LogP contribution in [-0.4, -0.2) is 15.0 Å². The van der Waals surface area contributed by atoms with Gasteiger partial charge in [0, 0.05) is 19.3 Å². The molecule has 0 radical (unpaired) electrons. The van der Waals surface area contributed by atoms with Gasteiger partial charge >= 0.3 is 0 Å². The molecule has 128 valence electrons. The average Bonchev–Trinajstić information content (AvgIpc) is 2.64. The summed E-state index contributed by atoms with van der Waals surface area (Å²) in [5.41, 5.74) is 3.35. The molecule has 3 nitrogen and oxygen atoms in total. The summed E-state index contributed by atoms with van der Waals surface area (Å²) < 4.78 is 0. The number of aromatic nitrogens is 1. The maximum Gasteiger partial charge on any atom is 0.174 e. The fraction of sp³-hybridized carbons (Fsp3) is 0.100. The molecule has 0 saturated heterocycles. The van der Waals surface area contributed by atoms with Crippen molar-refractivity contribution < 1.29 is 12.4 Å². The third-order valence-electron chi connectivity index (χ3n) is 3.63. The lowest BCUT2D eigenvalue weighted by Gasteiger charge is -2.26. The van der Waals surface area contributed by atoms with Crippen molar-refractivity contribution in [3.05, 3.63) is 96.3 Å². The van der Waals surface area contributed by atoms with Gasteiger partial charge in [0.25, 0.3) is 0 Å². The monoisotopic (exact) mass is 368 g/mol. The number of nitrogens with zero attached hydrogens (tertiary/aromatic N) is 2. The molecule has 1 aromatic heterocycles. The molecule has 0 aliphatic heterocycles. The summed E-state index contributed by atoms with van der Waals surface area (Å²) in [4.78, 5) is 6.28. The first-order valence-electron chi connectivity index (χ1n) is 7.85. The molecule has 0 saturated carbocycles. The number of hydrogen-bond donors (Lipinski definition) is 1. The normalized spacial score (nSPS) is 9.76. The van der Waals surface area contributed by atoms with E-state index in [1.165, 1.54) is 11.1 Å². The van der Waals surface area contributed by atoms with E-state index in [9.17, 15) is 0 Å². The molecular formula is C20H19ClN3S-. The van der Waals surface area contributed by atoms with Crippen molar-refractivity contribution >= 4 is 23.0 Å². The number of hydrogen-bond acceptors (Lipinski definition) is 2. The van der Waals surface area contributed by atoms with Crippen LogP contribution in [0.4, 0.5) is 5.69 Å². The predicted octanol–water partition coefficient (Wildman–Crippen LogP) is 1.48. The lowest BCUT2D eigenvalue weighted by atomic mass is 10.2. The average molecular weight is 369 g/mol. The van der Waals surface area contributed by atoms with Crippen molar-refractivity contribution in [3.63, 3.8) is 0 Å². The molecule has 3 aromatic rings. The van der Waals surface area contributed by atoms with Crippen LogP contribution in [0, 0.1) is 0 Å². The van der Waals surface area contributed by atoms with Gasteiger partial charge in [-0.05, 0) is 35.5 Å². The summed E-state index contributed by atoms with van der Waals surface area (Å²) in [7, 11) is 0. The van der Waals surface area contributed by atoms with Crippen molar-refractivity contribution in [3.8, 4) is 0 Å². The highest BCUT2D eigenvalue weighted by Gasteiger charge is 2.11. The Balaban J connectivity index is 0.00000225. The van der Waals surface area contributed by atoms with E-state index >= 15 is 0 Å². The molecule has 0 spiro atoms. The van der Waals surface area contributed by atoms with Gasteiger partial charge in [-0.15, -0.1) is 0 Å². The summed E-state index contributed by atoms with van der Waals surface area (Å²) in [5, 5.41) is 3.97. The van der Waals surface area contributed by atoms with Crippen LogP contribution in [0.3, 0.4) is 0 Å². The molecule has 0 amide bonds. The molecule has 0 aliphatic carbocycles. The zero-order valence-corrected chi connectivity index (χ0v) is 15.3. The van der Waals surface area contributed by atoms with Crippen molar-refractivity contribution in [2.75, 3.05) is 5.32 Å². The van der Waals surface area contributed by atoms with Gasteiger partial charge in [0.2, 0.25) is 0 Å². The first-order chi connectivity index (χ1) is 11.8. The highest BCUT2D eigenvalue weighted by atomic mass is 35.5. The second kappa shape index (κ2) is 9.77. The van der Waals surface area contributed by atoms with Crippen LogP contribution in [0.1, 0.15) is 11.1 Å². The zero-order chi connectivity index (χ0) is 16.6. The smallest absolute Gasteiger partial charge is 0.174 e. The van der Waals surface area contributed by atoms with Crippen LogP contribution >= 0.6 is 12.2 Å². The molecule has 1 heterocycles. The first-order valence-corrected chi connectivity index (χ1v) is 8.26. The highest BCUT2D eigenvalue weighted by molar-refractivity contribution is 7.80. The van der Waals surface area contributed by atoms with Crippen LogP contribution < -0.4 is 17.7 Å². The van der Waals surface area contributed by atoms with Crippen LogP contribution in [0.25, 0.3) is 0 Å². The SMILES string of the molecule is S=C(Nc1cccnc1)N(Cc1ccccc1)Cc1ccccc1.[Cl-]. The minimum Gasteiger partial charge on any atom is -1.00 e. The van der Waals surface area contributed by atoms with E-state index in [2.05, 4.69) is 39.5 Å². The third-order valence-corrected chi connectivity index (χ3v) is 3.99. The summed E-state index contributed by atoms with van der Waals surface area (Å²) in [5.74, 6) is 0. The maximum absolute atomic E-state index is 5.64. The van der Waals surface area contributed by atoms with Gasteiger partial charge in [0.15, 0.2) is 5.11 Å². The van der Waals surface area contributed by atoms with E-state index in [4.69, 9.17) is 12.2 Å². The van der Waals surface area contributed by atoms with Crippen molar-refractivity contribution in [1.29, 1.82) is 0 Å². The summed E-state index contributed by atoms with van der Waals surface area (Å²) in [6.07, 6.45) is 3.52. The van der Waals surface area contributed by atoms with Crippen molar-refractivity contribution in [2.45, 2.75) is 13.1 Å². The van der Waals surface area contributed by atoms with Crippen LogP contribution in [0.15, 0.2) is 85.2 Å². The largest absolute Gasteiger partial charge is 1.00 e. The number of anilines is 1. The molecule has 3 rings (SSSR count). The molecule has 0 bridgehead atoms. The Morgan fingerprint density at radius 1 is 0.840 bits per heavy atom. The number of halogens is 1. The van der Waals surface area contributed by atoms with E-state index in [0.29, 0.717) is 5.11 Å². The van der Waals surface area contributed by atoms with Gasteiger partial charge in [-0.3, -0.25) is 4.98 Å². The van der Waals surface area contributed by atoms with Gasteiger partial charge in [0.1, 0.15) is 0 Å². The molecular weight excluding hydrogens is 350 g/mol. The van der Waals surface area contributed by atoms with Gasteiger partial charge < -0.3 is 22.6 Å². The van der Waals surface area contributed by atoms with E-state index < -0.39 is 0 Å². The number of nitrogens with one attached hydrogen (secondary N) is 1. The summed E-state index contributed by atoms with van der Waals surface area (Å²) >= 11 is 5.64. The second-order valence-electron chi connectivity index (χ2n) is 5.50. The number of thiocarbonyl (C=S) groups is 1. The third kappa shape index (κ3) is 5.85. The fourth-order valence-corrected chi connectivity index (χ4v) is 2.69. The fourth-order valence-electron chi connectivity index (χ4n) is 2.45. The molecule has 0 fully saturated rings. The summed E-state index contributed by atoms with van der Waals surface area (Å²) in [6, 6.07) is 24.6. The highest BCUT2D eigenvalue weighted by Crippen LogP contribution is 2.13. The quantitative estimate of drug-likeness (QED) is 0.691. The Bertz CT molecular complexity index is 725.